The van der Waals surface area contributed by atoms with Crippen molar-refractivity contribution >= 4 is 0 Å². The molecular formula is C14H24O7. The molecule has 122 valence electrons. The number of fused-ring (bicyclic) bond motifs is 1. The molecule has 0 saturated carbocycles. The molecule has 3 fully saturated rings. The summed E-state index contributed by atoms with van der Waals surface area (Å²) in [5.41, 5.74) is 0. The highest BCUT2D eigenvalue weighted by Crippen LogP contribution is 2.41. The molecule has 0 aromatic rings. The van der Waals surface area contributed by atoms with E-state index < -0.39 is 17.9 Å². The maximum absolute atomic E-state index is 5.98. The number of hydrogen-bond acceptors (Lipinski definition) is 7. The van der Waals surface area contributed by atoms with Crippen molar-refractivity contribution in [2.24, 2.45) is 0 Å². The summed E-state index contributed by atoms with van der Waals surface area (Å²) in [6.45, 7) is 8.08. The lowest BCUT2D eigenvalue weighted by atomic mass is 10.1. The summed E-state index contributed by atoms with van der Waals surface area (Å²) in [6, 6.07) is 0. The zero-order valence-electron chi connectivity index (χ0n) is 13.2. The lowest BCUT2D eigenvalue weighted by molar-refractivity contribution is -0.241. The largest absolute Gasteiger partial charge is 0.359 e. The van der Waals surface area contributed by atoms with Crippen LogP contribution in [0.5, 0.6) is 0 Å². The van der Waals surface area contributed by atoms with E-state index in [4.69, 9.17) is 33.2 Å². The molecule has 3 saturated heterocycles. The Labute approximate surface area is 124 Å². The van der Waals surface area contributed by atoms with Gasteiger partial charge in [-0.2, -0.15) is 0 Å². The maximum atomic E-state index is 5.98. The van der Waals surface area contributed by atoms with Crippen LogP contribution in [0.15, 0.2) is 0 Å². The van der Waals surface area contributed by atoms with Crippen LogP contribution in [-0.4, -0.2) is 62.8 Å². The first-order chi connectivity index (χ1) is 9.81. The van der Waals surface area contributed by atoms with Crippen molar-refractivity contribution in [3.05, 3.63) is 0 Å². The van der Waals surface area contributed by atoms with Crippen LogP contribution < -0.4 is 0 Å². The van der Waals surface area contributed by atoms with Gasteiger partial charge in [-0.05, 0) is 27.7 Å². The van der Waals surface area contributed by atoms with Crippen molar-refractivity contribution in [3.63, 3.8) is 0 Å². The minimum Gasteiger partial charge on any atom is -0.359 e. The maximum Gasteiger partial charge on any atom is 0.190 e. The van der Waals surface area contributed by atoms with Gasteiger partial charge in [0, 0.05) is 7.11 Å². The third-order valence-corrected chi connectivity index (χ3v) is 3.80. The van der Waals surface area contributed by atoms with E-state index in [1.165, 1.54) is 0 Å². The zero-order valence-corrected chi connectivity index (χ0v) is 13.2. The van der Waals surface area contributed by atoms with Crippen LogP contribution >= 0.6 is 0 Å². The van der Waals surface area contributed by atoms with Gasteiger partial charge in [-0.3, -0.25) is 0 Å². The van der Waals surface area contributed by atoms with Gasteiger partial charge in [0.2, 0.25) is 0 Å². The van der Waals surface area contributed by atoms with Crippen molar-refractivity contribution < 1.29 is 33.2 Å². The summed E-state index contributed by atoms with van der Waals surface area (Å²) in [4.78, 5) is 0. The Balaban J connectivity index is 1.72. The van der Waals surface area contributed by atoms with E-state index in [-0.39, 0.29) is 31.2 Å². The Morgan fingerprint density at radius 3 is 2.38 bits per heavy atom. The summed E-state index contributed by atoms with van der Waals surface area (Å²) in [5.74, 6) is -1.29. The van der Waals surface area contributed by atoms with Gasteiger partial charge < -0.3 is 33.2 Å². The SMILES string of the molecule is COCO[C@@H]1[C@H]2OC(C)(C)O[C@H]2O[C@@H]1[C@@H]1COC(C)(C)O1. The predicted octanol–water partition coefficient (Wildman–Crippen LogP) is 1.00. The minimum absolute atomic E-state index is 0.161. The van der Waals surface area contributed by atoms with E-state index in [2.05, 4.69) is 0 Å². The Morgan fingerprint density at radius 2 is 1.76 bits per heavy atom. The van der Waals surface area contributed by atoms with E-state index in [9.17, 15) is 0 Å². The van der Waals surface area contributed by atoms with Crippen LogP contribution in [0.3, 0.4) is 0 Å². The molecule has 0 aromatic heterocycles. The van der Waals surface area contributed by atoms with Crippen LogP contribution in [0.4, 0.5) is 0 Å². The van der Waals surface area contributed by atoms with Gasteiger partial charge in [0.05, 0.1) is 6.61 Å². The van der Waals surface area contributed by atoms with Gasteiger partial charge in [-0.25, -0.2) is 0 Å². The van der Waals surface area contributed by atoms with E-state index in [0.29, 0.717) is 6.61 Å². The molecule has 5 atom stereocenters. The first kappa shape index (κ1) is 15.6. The molecule has 7 nitrogen and oxygen atoms in total. The molecule has 3 rings (SSSR count). The van der Waals surface area contributed by atoms with E-state index in [1.807, 2.05) is 27.7 Å². The van der Waals surface area contributed by atoms with Gasteiger partial charge in [0.25, 0.3) is 0 Å². The average molecular weight is 304 g/mol. The summed E-state index contributed by atoms with van der Waals surface area (Å²) in [5, 5.41) is 0. The van der Waals surface area contributed by atoms with Crippen LogP contribution in [0, 0.1) is 0 Å². The molecule has 3 aliphatic heterocycles. The number of methoxy groups -OCH3 is 1. The normalized spacial score (nSPS) is 44.1. The van der Waals surface area contributed by atoms with Crippen LogP contribution in [-0.2, 0) is 33.2 Å². The quantitative estimate of drug-likeness (QED) is 0.718. The summed E-state index contributed by atoms with van der Waals surface area (Å²) < 4.78 is 39.9. The molecule has 0 amide bonds. The first-order valence-corrected chi connectivity index (χ1v) is 7.25. The fourth-order valence-corrected chi connectivity index (χ4v) is 3.02. The molecule has 21 heavy (non-hydrogen) atoms. The Hall–Kier alpha value is -0.280. The van der Waals surface area contributed by atoms with Crippen molar-refractivity contribution in [1.29, 1.82) is 0 Å². The van der Waals surface area contributed by atoms with Crippen molar-refractivity contribution in [2.45, 2.75) is 70.0 Å². The Bertz CT molecular complexity index is 384. The Kier molecular flexibility index (Phi) is 4.03. The lowest BCUT2D eigenvalue weighted by Gasteiger charge is -2.28. The van der Waals surface area contributed by atoms with Crippen LogP contribution in [0.25, 0.3) is 0 Å². The smallest absolute Gasteiger partial charge is 0.190 e. The first-order valence-electron chi connectivity index (χ1n) is 7.25. The van der Waals surface area contributed by atoms with E-state index in [1.54, 1.807) is 7.11 Å². The highest BCUT2D eigenvalue weighted by atomic mass is 16.9. The minimum atomic E-state index is -0.679. The van der Waals surface area contributed by atoms with Gasteiger partial charge >= 0.3 is 0 Å². The van der Waals surface area contributed by atoms with Crippen molar-refractivity contribution in [2.75, 3.05) is 20.5 Å². The number of hydrogen-bond donors (Lipinski definition) is 0. The van der Waals surface area contributed by atoms with Crippen molar-refractivity contribution in [1.82, 2.24) is 0 Å². The lowest BCUT2D eigenvalue weighted by Crippen LogP contribution is -2.44. The molecule has 0 spiro atoms. The molecule has 3 aliphatic rings. The van der Waals surface area contributed by atoms with Crippen molar-refractivity contribution in [3.8, 4) is 0 Å². The van der Waals surface area contributed by atoms with E-state index in [0.717, 1.165) is 0 Å². The van der Waals surface area contributed by atoms with Gasteiger partial charge in [0.15, 0.2) is 17.9 Å². The topological polar surface area (TPSA) is 64.6 Å². The molecule has 0 unspecified atom stereocenters. The van der Waals surface area contributed by atoms with Gasteiger partial charge in [0.1, 0.15) is 31.2 Å². The molecule has 3 heterocycles. The molecule has 0 aromatic carbocycles. The highest BCUT2D eigenvalue weighted by molar-refractivity contribution is 4.98. The summed E-state index contributed by atoms with van der Waals surface area (Å²) in [7, 11) is 1.58. The molecule has 0 N–H and O–H groups in total. The fraction of sp³-hybridized carbons (Fsp3) is 1.00. The monoisotopic (exact) mass is 304 g/mol. The van der Waals surface area contributed by atoms with Gasteiger partial charge in [-0.15, -0.1) is 0 Å². The third kappa shape index (κ3) is 3.10. The number of ether oxygens (including phenoxy) is 7. The Morgan fingerprint density at radius 1 is 1.00 bits per heavy atom. The average Bonchev–Trinajstić information content (AvgIpc) is 2.96. The molecule has 7 heteroatoms. The molecule has 0 bridgehead atoms. The summed E-state index contributed by atoms with van der Waals surface area (Å²) >= 11 is 0. The second-order valence-corrected chi connectivity index (χ2v) is 6.47. The van der Waals surface area contributed by atoms with Crippen LogP contribution in [0.2, 0.25) is 0 Å². The number of rotatable bonds is 4. The molecule has 0 radical (unpaired) electrons. The standard InChI is InChI=1S/C14H24O7/c1-13(2)17-6-8(19-13)9-10(16-7-15-5)11-12(18-9)21-14(3,4)20-11/h8-12H,6-7H2,1-5H3/t8-,9+,10-,11+,12+/m0/s1. The second-order valence-electron chi connectivity index (χ2n) is 6.47. The third-order valence-electron chi connectivity index (χ3n) is 3.80. The second kappa shape index (κ2) is 5.42. The zero-order chi connectivity index (χ0) is 15.3. The van der Waals surface area contributed by atoms with Gasteiger partial charge in [-0.1, -0.05) is 0 Å². The van der Waals surface area contributed by atoms with E-state index >= 15 is 0 Å². The van der Waals surface area contributed by atoms with Crippen LogP contribution in [0.1, 0.15) is 27.7 Å². The molecule has 0 aliphatic carbocycles. The highest BCUT2D eigenvalue weighted by Gasteiger charge is 2.58. The fourth-order valence-electron chi connectivity index (χ4n) is 3.02. The predicted molar refractivity (Wildman–Crippen MR) is 70.4 cm³/mol. The molecular weight excluding hydrogens is 280 g/mol. The summed E-state index contributed by atoms with van der Waals surface area (Å²) in [6.07, 6.45) is -1.61.